The molecule has 0 aliphatic heterocycles. The van der Waals surface area contributed by atoms with Crippen molar-refractivity contribution < 1.29 is 24.1 Å². The maximum Gasteiger partial charge on any atom is 0.219 e. The highest BCUT2D eigenvalue weighted by Gasteiger charge is 2.17. The average Bonchev–Trinajstić information content (AvgIpc) is 2.51. The SMILES string of the molecule is COc1ccc(CN(CC(CO)OC)C(C)=O)c(OC)c1. The third kappa shape index (κ3) is 4.91. The number of hydrogen-bond donors (Lipinski definition) is 1. The van der Waals surface area contributed by atoms with Gasteiger partial charge in [-0.2, -0.15) is 0 Å². The first-order valence-corrected chi connectivity index (χ1v) is 6.65. The van der Waals surface area contributed by atoms with Crippen molar-refractivity contribution >= 4 is 5.91 Å². The number of aliphatic hydroxyl groups is 1. The Labute approximate surface area is 125 Å². The summed E-state index contributed by atoms with van der Waals surface area (Å²) in [7, 11) is 4.66. The number of nitrogens with zero attached hydrogens (tertiary/aromatic N) is 1. The molecule has 1 unspecified atom stereocenters. The smallest absolute Gasteiger partial charge is 0.219 e. The van der Waals surface area contributed by atoms with Crippen LogP contribution in [0.25, 0.3) is 0 Å². The first-order valence-electron chi connectivity index (χ1n) is 6.65. The Morgan fingerprint density at radius 1 is 1.29 bits per heavy atom. The number of methoxy groups -OCH3 is 3. The summed E-state index contributed by atoms with van der Waals surface area (Å²) in [4.78, 5) is 13.4. The Balaban J connectivity index is 2.90. The minimum atomic E-state index is -0.404. The number of carbonyl (C=O) groups excluding carboxylic acids is 1. The van der Waals surface area contributed by atoms with E-state index < -0.39 is 6.10 Å². The second kappa shape index (κ2) is 8.49. The fourth-order valence-corrected chi connectivity index (χ4v) is 1.95. The van der Waals surface area contributed by atoms with Crippen LogP contribution < -0.4 is 9.47 Å². The van der Waals surface area contributed by atoms with Crippen molar-refractivity contribution in [3.63, 3.8) is 0 Å². The summed E-state index contributed by atoms with van der Waals surface area (Å²) in [6, 6.07) is 5.44. The van der Waals surface area contributed by atoms with Crippen LogP contribution >= 0.6 is 0 Å². The lowest BCUT2D eigenvalue weighted by molar-refractivity contribution is -0.131. The van der Waals surface area contributed by atoms with Crippen molar-refractivity contribution in [3.05, 3.63) is 23.8 Å². The van der Waals surface area contributed by atoms with E-state index in [0.717, 1.165) is 5.56 Å². The van der Waals surface area contributed by atoms with Gasteiger partial charge in [0.1, 0.15) is 11.5 Å². The Kier molecular flexibility index (Phi) is 6.98. The summed E-state index contributed by atoms with van der Waals surface area (Å²) in [6.45, 7) is 2.04. The van der Waals surface area contributed by atoms with Gasteiger partial charge in [0.2, 0.25) is 5.91 Å². The molecule has 0 saturated carbocycles. The predicted octanol–water partition coefficient (Wildman–Crippen LogP) is 1.06. The molecular weight excluding hydrogens is 274 g/mol. The van der Waals surface area contributed by atoms with Crippen LogP contribution in [-0.2, 0) is 16.1 Å². The second-order valence-electron chi connectivity index (χ2n) is 4.62. The molecule has 0 aromatic heterocycles. The van der Waals surface area contributed by atoms with E-state index in [1.807, 2.05) is 12.1 Å². The molecule has 1 aromatic rings. The highest BCUT2D eigenvalue weighted by Crippen LogP contribution is 2.25. The number of rotatable bonds is 8. The molecule has 21 heavy (non-hydrogen) atoms. The quantitative estimate of drug-likeness (QED) is 0.777. The van der Waals surface area contributed by atoms with E-state index in [1.165, 1.54) is 14.0 Å². The van der Waals surface area contributed by atoms with E-state index in [1.54, 1.807) is 25.2 Å². The predicted molar refractivity (Wildman–Crippen MR) is 78.5 cm³/mol. The number of carbonyl (C=O) groups is 1. The molecule has 1 amide bonds. The van der Waals surface area contributed by atoms with E-state index >= 15 is 0 Å². The molecule has 1 N–H and O–H groups in total. The van der Waals surface area contributed by atoms with Crippen LogP contribution in [0.5, 0.6) is 11.5 Å². The first kappa shape index (κ1) is 17.3. The standard InChI is InChI=1S/C15H23NO5/c1-11(18)16(9-14(10-17)20-3)8-12-5-6-13(19-2)7-15(12)21-4/h5-7,14,17H,8-10H2,1-4H3. The fourth-order valence-electron chi connectivity index (χ4n) is 1.95. The molecule has 6 heteroatoms. The lowest BCUT2D eigenvalue weighted by Crippen LogP contribution is -2.38. The maximum absolute atomic E-state index is 11.8. The van der Waals surface area contributed by atoms with Crippen molar-refractivity contribution in [2.45, 2.75) is 19.6 Å². The Hall–Kier alpha value is -1.79. The number of hydrogen-bond acceptors (Lipinski definition) is 5. The molecule has 0 heterocycles. The number of amides is 1. The third-order valence-electron chi connectivity index (χ3n) is 3.26. The molecule has 1 atom stereocenters. The van der Waals surface area contributed by atoms with Gasteiger partial charge in [-0.05, 0) is 12.1 Å². The number of ether oxygens (including phenoxy) is 3. The third-order valence-corrected chi connectivity index (χ3v) is 3.26. The van der Waals surface area contributed by atoms with Gasteiger partial charge in [-0.3, -0.25) is 4.79 Å². The van der Waals surface area contributed by atoms with Gasteiger partial charge in [-0.15, -0.1) is 0 Å². The zero-order valence-electron chi connectivity index (χ0n) is 13.0. The highest BCUT2D eigenvalue weighted by atomic mass is 16.5. The second-order valence-corrected chi connectivity index (χ2v) is 4.62. The van der Waals surface area contributed by atoms with E-state index in [4.69, 9.17) is 14.2 Å². The van der Waals surface area contributed by atoms with Gasteiger partial charge in [0, 0.05) is 38.8 Å². The maximum atomic E-state index is 11.8. The van der Waals surface area contributed by atoms with Crippen LogP contribution in [0.4, 0.5) is 0 Å². The van der Waals surface area contributed by atoms with Crippen molar-refractivity contribution in [1.82, 2.24) is 4.90 Å². The summed E-state index contributed by atoms with van der Waals surface area (Å²) in [5.41, 5.74) is 0.862. The molecule has 0 bridgehead atoms. The highest BCUT2D eigenvalue weighted by molar-refractivity contribution is 5.73. The lowest BCUT2D eigenvalue weighted by atomic mass is 10.1. The van der Waals surface area contributed by atoms with Crippen LogP contribution in [0.1, 0.15) is 12.5 Å². The zero-order chi connectivity index (χ0) is 15.8. The molecule has 0 aliphatic carbocycles. The number of aliphatic hydroxyl groups excluding tert-OH is 1. The van der Waals surface area contributed by atoms with Crippen molar-refractivity contribution in [1.29, 1.82) is 0 Å². The fraction of sp³-hybridized carbons (Fsp3) is 0.533. The van der Waals surface area contributed by atoms with E-state index in [-0.39, 0.29) is 12.5 Å². The van der Waals surface area contributed by atoms with Gasteiger partial charge in [-0.1, -0.05) is 0 Å². The Morgan fingerprint density at radius 3 is 2.48 bits per heavy atom. The van der Waals surface area contributed by atoms with E-state index in [9.17, 15) is 9.90 Å². The van der Waals surface area contributed by atoms with Gasteiger partial charge in [-0.25, -0.2) is 0 Å². The zero-order valence-corrected chi connectivity index (χ0v) is 13.0. The number of benzene rings is 1. The van der Waals surface area contributed by atoms with Crippen LogP contribution in [-0.4, -0.2) is 56.5 Å². The Bertz CT molecular complexity index is 459. The molecular formula is C15H23NO5. The largest absolute Gasteiger partial charge is 0.497 e. The molecule has 0 radical (unpaired) electrons. The molecule has 0 fully saturated rings. The molecule has 0 spiro atoms. The van der Waals surface area contributed by atoms with Crippen LogP contribution in [0.3, 0.4) is 0 Å². The summed E-state index contributed by atoms with van der Waals surface area (Å²) in [6.07, 6.45) is -0.404. The lowest BCUT2D eigenvalue weighted by Gasteiger charge is -2.26. The minimum Gasteiger partial charge on any atom is -0.497 e. The van der Waals surface area contributed by atoms with Crippen LogP contribution in [0.15, 0.2) is 18.2 Å². The van der Waals surface area contributed by atoms with Crippen molar-refractivity contribution in [2.75, 3.05) is 34.5 Å². The normalized spacial score (nSPS) is 11.9. The van der Waals surface area contributed by atoms with Gasteiger partial charge in [0.15, 0.2) is 0 Å². The van der Waals surface area contributed by atoms with Gasteiger partial charge in [0.05, 0.1) is 26.9 Å². The molecule has 0 saturated heterocycles. The minimum absolute atomic E-state index is 0.0941. The van der Waals surface area contributed by atoms with Crippen LogP contribution in [0, 0.1) is 0 Å². The summed E-state index contributed by atoms with van der Waals surface area (Å²) in [5.74, 6) is 1.25. The van der Waals surface area contributed by atoms with Gasteiger partial charge >= 0.3 is 0 Å². The average molecular weight is 297 g/mol. The Morgan fingerprint density at radius 2 is 2.00 bits per heavy atom. The topological polar surface area (TPSA) is 68.2 Å². The summed E-state index contributed by atoms with van der Waals surface area (Å²) < 4.78 is 15.6. The van der Waals surface area contributed by atoms with Crippen molar-refractivity contribution in [2.24, 2.45) is 0 Å². The monoisotopic (exact) mass is 297 g/mol. The van der Waals surface area contributed by atoms with Crippen LogP contribution in [0.2, 0.25) is 0 Å². The molecule has 0 aliphatic rings. The van der Waals surface area contributed by atoms with E-state index in [2.05, 4.69) is 0 Å². The summed E-state index contributed by atoms with van der Waals surface area (Å²) in [5, 5.41) is 9.19. The first-order chi connectivity index (χ1) is 10.0. The summed E-state index contributed by atoms with van der Waals surface area (Å²) >= 11 is 0. The van der Waals surface area contributed by atoms with Gasteiger partial charge < -0.3 is 24.2 Å². The molecule has 6 nitrogen and oxygen atoms in total. The molecule has 1 aromatic carbocycles. The van der Waals surface area contributed by atoms with Gasteiger partial charge in [0.25, 0.3) is 0 Å². The van der Waals surface area contributed by atoms with Crippen molar-refractivity contribution in [3.8, 4) is 11.5 Å². The van der Waals surface area contributed by atoms with E-state index in [0.29, 0.717) is 24.6 Å². The molecule has 1 rings (SSSR count). The molecule has 118 valence electrons.